The molecule has 0 aliphatic carbocycles. The lowest BCUT2D eigenvalue weighted by Crippen LogP contribution is -2.50. The van der Waals surface area contributed by atoms with Gasteiger partial charge in [-0.05, 0) is 55.0 Å². The van der Waals surface area contributed by atoms with Gasteiger partial charge in [-0.1, -0.05) is 17.7 Å². The van der Waals surface area contributed by atoms with Gasteiger partial charge >= 0.3 is 0 Å². The number of amides is 1. The number of aromatic nitrogens is 4. The highest BCUT2D eigenvalue weighted by molar-refractivity contribution is 6.30. The average Bonchev–Trinajstić information content (AvgIpc) is 3.32. The fourth-order valence-corrected chi connectivity index (χ4v) is 4.47. The third-order valence-electron chi connectivity index (χ3n) is 6.30. The number of hydrogen-bond acceptors (Lipinski definition) is 6. The molecule has 9 nitrogen and oxygen atoms in total. The number of aryl methyl sites for hydroxylation is 1. The molecule has 0 spiro atoms. The normalized spacial score (nSPS) is 13.9. The van der Waals surface area contributed by atoms with Gasteiger partial charge in [0.2, 0.25) is 5.91 Å². The molecule has 0 atom stereocenters. The zero-order valence-electron chi connectivity index (χ0n) is 19.5. The summed E-state index contributed by atoms with van der Waals surface area (Å²) in [5.41, 5.74) is 3.72. The van der Waals surface area contributed by atoms with Crippen LogP contribution in [0.3, 0.4) is 0 Å². The molecule has 2 aromatic heterocycles. The third-order valence-corrected chi connectivity index (χ3v) is 6.54. The summed E-state index contributed by atoms with van der Waals surface area (Å²) in [6, 6.07) is 15.0. The first-order valence-corrected chi connectivity index (χ1v) is 11.7. The van der Waals surface area contributed by atoms with Crippen LogP contribution in [0.4, 0.5) is 5.69 Å². The van der Waals surface area contributed by atoms with Gasteiger partial charge in [-0.3, -0.25) is 9.59 Å². The minimum atomic E-state index is -0.360. The van der Waals surface area contributed by atoms with Crippen LogP contribution in [0.2, 0.25) is 5.02 Å². The van der Waals surface area contributed by atoms with Crippen molar-refractivity contribution in [1.29, 1.82) is 0 Å². The number of rotatable bonds is 5. The lowest BCUT2D eigenvalue weighted by Gasteiger charge is -2.36. The van der Waals surface area contributed by atoms with Crippen molar-refractivity contribution in [2.45, 2.75) is 13.5 Å². The van der Waals surface area contributed by atoms with E-state index in [0.717, 1.165) is 22.6 Å². The second kappa shape index (κ2) is 9.42. The molecule has 0 radical (unpaired) electrons. The fourth-order valence-electron chi connectivity index (χ4n) is 4.30. The Hall–Kier alpha value is -3.85. The number of halogens is 1. The predicted molar refractivity (Wildman–Crippen MR) is 134 cm³/mol. The smallest absolute Gasteiger partial charge is 0.293 e. The quantitative estimate of drug-likeness (QED) is 0.426. The fraction of sp³-hybridized carbons (Fsp3) is 0.280. The maximum atomic E-state index is 13.0. The SMILES string of the molecule is COc1ccc(-c2cc3c(=O)n(CC(=O)N4CCN(c5cc(Cl)ccc5C)CC4)ncn3n2)cc1. The molecule has 3 heterocycles. The number of piperazine rings is 1. The van der Waals surface area contributed by atoms with Crippen molar-refractivity contribution in [1.82, 2.24) is 24.3 Å². The van der Waals surface area contributed by atoms with Gasteiger partial charge in [-0.15, -0.1) is 0 Å². The Morgan fingerprint density at radius 1 is 1.06 bits per heavy atom. The van der Waals surface area contributed by atoms with Gasteiger partial charge < -0.3 is 14.5 Å². The number of carbonyl (C=O) groups is 1. The Bertz CT molecular complexity index is 1440. The number of fused-ring (bicyclic) bond motifs is 1. The molecule has 5 rings (SSSR count). The van der Waals surface area contributed by atoms with Crippen molar-refractivity contribution >= 4 is 28.7 Å². The van der Waals surface area contributed by atoms with E-state index < -0.39 is 0 Å². The van der Waals surface area contributed by atoms with Crippen LogP contribution in [0, 0.1) is 6.92 Å². The van der Waals surface area contributed by atoms with E-state index in [0.29, 0.717) is 42.4 Å². The molecule has 0 bridgehead atoms. The molecule has 1 saturated heterocycles. The molecule has 0 N–H and O–H groups in total. The summed E-state index contributed by atoms with van der Waals surface area (Å²) in [5.74, 6) is 0.602. The summed E-state index contributed by atoms with van der Waals surface area (Å²) >= 11 is 6.17. The number of nitrogens with zero attached hydrogens (tertiary/aromatic N) is 6. The van der Waals surface area contributed by atoms with E-state index in [1.807, 2.05) is 49.4 Å². The van der Waals surface area contributed by atoms with E-state index in [4.69, 9.17) is 16.3 Å². The standard InChI is InChI=1S/C25H25ClN6O3/c1-17-3-6-19(26)13-22(17)29-9-11-30(12-10-29)24(33)15-31-25(34)23-14-21(28-32(23)16-27-31)18-4-7-20(35-2)8-5-18/h3-8,13-14,16H,9-12,15H2,1-2H3. The van der Waals surface area contributed by atoms with E-state index in [1.54, 1.807) is 18.1 Å². The van der Waals surface area contributed by atoms with Gasteiger partial charge in [-0.2, -0.15) is 10.2 Å². The summed E-state index contributed by atoms with van der Waals surface area (Å²) in [6.07, 6.45) is 1.46. The van der Waals surface area contributed by atoms with Crippen molar-refractivity contribution in [2.75, 3.05) is 38.2 Å². The van der Waals surface area contributed by atoms with E-state index in [-0.39, 0.29) is 18.0 Å². The lowest BCUT2D eigenvalue weighted by atomic mass is 10.1. The maximum absolute atomic E-state index is 13.0. The van der Waals surface area contributed by atoms with Crippen LogP contribution in [0.1, 0.15) is 5.56 Å². The molecule has 0 saturated carbocycles. The molecule has 1 fully saturated rings. The number of anilines is 1. The van der Waals surface area contributed by atoms with Crippen LogP contribution >= 0.6 is 11.6 Å². The monoisotopic (exact) mass is 492 g/mol. The van der Waals surface area contributed by atoms with Crippen molar-refractivity contribution in [3.63, 3.8) is 0 Å². The van der Waals surface area contributed by atoms with Crippen molar-refractivity contribution < 1.29 is 9.53 Å². The first-order chi connectivity index (χ1) is 16.9. The maximum Gasteiger partial charge on any atom is 0.293 e. The van der Waals surface area contributed by atoms with Gasteiger partial charge in [0, 0.05) is 42.5 Å². The van der Waals surface area contributed by atoms with Gasteiger partial charge in [0.25, 0.3) is 5.56 Å². The summed E-state index contributed by atoms with van der Waals surface area (Å²) in [5, 5.41) is 9.32. The van der Waals surface area contributed by atoms with Crippen LogP contribution in [0.15, 0.2) is 59.7 Å². The summed E-state index contributed by atoms with van der Waals surface area (Å²) in [7, 11) is 1.61. The van der Waals surface area contributed by atoms with Crippen molar-refractivity contribution in [3.05, 3.63) is 75.8 Å². The lowest BCUT2D eigenvalue weighted by molar-refractivity contribution is -0.132. The van der Waals surface area contributed by atoms with Gasteiger partial charge in [0.1, 0.15) is 24.1 Å². The van der Waals surface area contributed by atoms with Crippen LogP contribution in [-0.2, 0) is 11.3 Å². The molecule has 180 valence electrons. The zero-order chi connectivity index (χ0) is 24.5. The van der Waals surface area contributed by atoms with Gasteiger partial charge in [-0.25, -0.2) is 9.20 Å². The minimum absolute atomic E-state index is 0.116. The molecule has 1 amide bonds. The van der Waals surface area contributed by atoms with Crippen LogP contribution in [0.25, 0.3) is 16.8 Å². The molecule has 2 aromatic carbocycles. The molecule has 4 aromatic rings. The Labute approximate surface area is 207 Å². The Kier molecular flexibility index (Phi) is 6.17. The predicted octanol–water partition coefficient (Wildman–Crippen LogP) is 2.88. The average molecular weight is 493 g/mol. The molecule has 10 heteroatoms. The first-order valence-electron chi connectivity index (χ1n) is 11.3. The van der Waals surface area contributed by atoms with Crippen molar-refractivity contribution in [3.8, 4) is 17.0 Å². The highest BCUT2D eigenvalue weighted by Gasteiger charge is 2.23. The summed E-state index contributed by atoms with van der Waals surface area (Å²) in [4.78, 5) is 30.0. The highest BCUT2D eigenvalue weighted by Crippen LogP contribution is 2.25. The van der Waals surface area contributed by atoms with E-state index in [1.165, 1.54) is 15.5 Å². The van der Waals surface area contributed by atoms with Gasteiger partial charge in [0.15, 0.2) is 0 Å². The number of benzene rings is 2. The molecule has 1 aliphatic heterocycles. The summed E-state index contributed by atoms with van der Waals surface area (Å²) in [6.45, 7) is 4.46. The molecule has 35 heavy (non-hydrogen) atoms. The summed E-state index contributed by atoms with van der Waals surface area (Å²) < 4.78 is 7.83. The third kappa shape index (κ3) is 4.59. The Morgan fingerprint density at radius 2 is 1.80 bits per heavy atom. The van der Waals surface area contributed by atoms with Crippen LogP contribution in [0.5, 0.6) is 5.75 Å². The molecular formula is C25H25ClN6O3. The number of carbonyl (C=O) groups excluding carboxylic acids is 1. The zero-order valence-corrected chi connectivity index (χ0v) is 20.3. The minimum Gasteiger partial charge on any atom is -0.497 e. The van der Waals surface area contributed by atoms with E-state index in [9.17, 15) is 9.59 Å². The Morgan fingerprint density at radius 3 is 2.51 bits per heavy atom. The van der Waals surface area contributed by atoms with E-state index in [2.05, 4.69) is 15.1 Å². The van der Waals surface area contributed by atoms with E-state index >= 15 is 0 Å². The Balaban J connectivity index is 1.28. The molecule has 0 unspecified atom stereocenters. The second-order valence-electron chi connectivity index (χ2n) is 8.48. The largest absolute Gasteiger partial charge is 0.497 e. The molecular weight excluding hydrogens is 468 g/mol. The number of methoxy groups -OCH3 is 1. The van der Waals surface area contributed by atoms with Crippen LogP contribution in [-0.4, -0.2) is 63.5 Å². The topological polar surface area (TPSA) is 85.0 Å². The highest BCUT2D eigenvalue weighted by atomic mass is 35.5. The number of hydrogen-bond donors (Lipinski definition) is 0. The number of ether oxygens (including phenoxy) is 1. The first kappa shape index (κ1) is 22.9. The molecule has 1 aliphatic rings. The second-order valence-corrected chi connectivity index (χ2v) is 8.92. The van der Waals surface area contributed by atoms with Crippen LogP contribution < -0.4 is 15.2 Å². The van der Waals surface area contributed by atoms with Gasteiger partial charge in [0.05, 0.1) is 12.8 Å². The van der Waals surface area contributed by atoms with Crippen molar-refractivity contribution in [2.24, 2.45) is 0 Å².